The molecule has 33 heavy (non-hydrogen) atoms. The summed E-state index contributed by atoms with van der Waals surface area (Å²) in [7, 11) is 5.17. The van der Waals surface area contributed by atoms with E-state index in [0.717, 1.165) is 17.7 Å². The molecule has 8 heteroatoms. The topological polar surface area (TPSA) is 69.7 Å². The van der Waals surface area contributed by atoms with Gasteiger partial charge in [0.05, 0.1) is 21.9 Å². The van der Waals surface area contributed by atoms with E-state index in [2.05, 4.69) is 5.32 Å². The summed E-state index contributed by atoms with van der Waals surface area (Å²) in [5, 5.41) is 3.17. The Morgan fingerprint density at radius 3 is 2.39 bits per heavy atom. The van der Waals surface area contributed by atoms with Crippen LogP contribution >= 0.6 is 23.4 Å². The second kappa shape index (κ2) is 11.6. The summed E-state index contributed by atoms with van der Waals surface area (Å²) < 4.78 is 0. The smallest absolute Gasteiger partial charge is 0.256 e. The van der Waals surface area contributed by atoms with Crippen molar-refractivity contribution in [1.82, 2.24) is 9.80 Å². The number of benzene rings is 2. The van der Waals surface area contributed by atoms with Crippen LogP contribution in [-0.4, -0.2) is 60.5 Å². The van der Waals surface area contributed by atoms with Gasteiger partial charge >= 0.3 is 0 Å². The zero-order valence-corrected chi connectivity index (χ0v) is 20.8. The van der Waals surface area contributed by atoms with Crippen LogP contribution in [0.25, 0.3) is 0 Å². The third-order valence-electron chi connectivity index (χ3n) is 5.86. The highest BCUT2D eigenvalue weighted by Crippen LogP contribution is 2.27. The molecule has 2 aromatic carbocycles. The lowest BCUT2D eigenvalue weighted by molar-refractivity contribution is -0.129. The highest BCUT2D eigenvalue weighted by molar-refractivity contribution is 8.00. The number of carbonyl (C=O) groups excluding carboxylic acids is 3. The number of thioether (sulfide) groups is 1. The predicted molar refractivity (Wildman–Crippen MR) is 134 cm³/mol. The van der Waals surface area contributed by atoms with Gasteiger partial charge in [0.25, 0.3) is 11.8 Å². The van der Waals surface area contributed by atoms with Gasteiger partial charge in [-0.1, -0.05) is 43.0 Å². The van der Waals surface area contributed by atoms with Crippen LogP contribution in [0.3, 0.4) is 0 Å². The van der Waals surface area contributed by atoms with Gasteiger partial charge in [-0.3, -0.25) is 14.4 Å². The Balaban J connectivity index is 1.68. The lowest BCUT2D eigenvalue weighted by Gasteiger charge is -2.31. The van der Waals surface area contributed by atoms with Gasteiger partial charge in [-0.25, -0.2) is 0 Å². The Morgan fingerprint density at radius 2 is 1.70 bits per heavy atom. The Bertz CT molecular complexity index is 1020. The first-order chi connectivity index (χ1) is 15.8. The molecular weight excluding hydrogens is 458 g/mol. The molecule has 0 radical (unpaired) electrons. The van der Waals surface area contributed by atoms with E-state index >= 15 is 0 Å². The molecule has 1 aliphatic rings. The Hall–Kier alpha value is -2.51. The molecule has 3 amide bonds. The van der Waals surface area contributed by atoms with E-state index < -0.39 is 0 Å². The molecule has 2 aromatic rings. The van der Waals surface area contributed by atoms with Crippen molar-refractivity contribution in [3.05, 3.63) is 58.6 Å². The van der Waals surface area contributed by atoms with Crippen molar-refractivity contribution < 1.29 is 14.4 Å². The average molecular weight is 488 g/mol. The van der Waals surface area contributed by atoms with Crippen LogP contribution in [0, 0.1) is 0 Å². The van der Waals surface area contributed by atoms with Gasteiger partial charge in [0.2, 0.25) is 5.91 Å². The molecule has 1 fully saturated rings. The minimum Gasteiger partial charge on any atom is -0.345 e. The maximum Gasteiger partial charge on any atom is 0.256 e. The summed E-state index contributed by atoms with van der Waals surface area (Å²) in [5.41, 5.74) is 1.27. The summed E-state index contributed by atoms with van der Waals surface area (Å²) in [6.07, 6.45) is 5.71. The molecule has 1 N–H and O–H groups in total. The molecule has 176 valence electrons. The van der Waals surface area contributed by atoms with Crippen molar-refractivity contribution in [3.8, 4) is 0 Å². The Kier molecular flexibility index (Phi) is 8.80. The van der Waals surface area contributed by atoms with Gasteiger partial charge in [0.1, 0.15) is 0 Å². The first kappa shape index (κ1) is 25.1. The normalized spacial score (nSPS) is 13.9. The molecule has 0 atom stereocenters. The third-order valence-corrected chi connectivity index (χ3v) is 7.25. The molecule has 0 unspecified atom stereocenters. The number of amides is 3. The maximum atomic E-state index is 13.0. The van der Waals surface area contributed by atoms with Gasteiger partial charge in [0.15, 0.2) is 0 Å². The molecule has 0 aromatic heterocycles. The van der Waals surface area contributed by atoms with Crippen LogP contribution in [0.15, 0.2) is 47.4 Å². The molecule has 0 saturated heterocycles. The summed E-state index contributed by atoms with van der Waals surface area (Å²) in [6, 6.07) is 12.3. The standard InChI is InChI=1S/C25H30ClN3O3S/c1-28(2)25(32)20-15-17(13-14-21(20)26)27-24(31)19-11-7-8-12-22(19)33-16-23(30)29(3)18-9-5-4-6-10-18/h7-8,11-15,18H,4-6,9-10,16H2,1-3H3,(H,27,31). The van der Waals surface area contributed by atoms with Crippen LogP contribution < -0.4 is 5.32 Å². The van der Waals surface area contributed by atoms with Gasteiger partial charge < -0.3 is 15.1 Å². The molecule has 0 aliphatic heterocycles. The second-order valence-electron chi connectivity index (χ2n) is 8.43. The predicted octanol–water partition coefficient (Wildman–Crippen LogP) is 5.18. The number of anilines is 1. The van der Waals surface area contributed by atoms with E-state index in [1.165, 1.54) is 35.9 Å². The van der Waals surface area contributed by atoms with Crippen molar-refractivity contribution in [1.29, 1.82) is 0 Å². The lowest BCUT2D eigenvalue weighted by Crippen LogP contribution is -2.39. The molecular formula is C25H30ClN3O3S. The van der Waals surface area contributed by atoms with Crippen LogP contribution in [0.2, 0.25) is 5.02 Å². The molecule has 6 nitrogen and oxygen atoms in total. The lowest BCUT2D eigenvalue weighted by atomic mass is 9.94. The minimum atomic E-state index is -0.309. The first-order valence-corrected chi connectivity index (χ1v) is 12.4. The van der Waals surface area contributed by atoms with Crippen LogP contribution in [0.4, 0.5) is 5.69 Å². The molecule has 0 heterocycles. The number of carbonyl (C=O) groups is 3. The summed E-state index contributed by atoms with van der Waals surface area (Å²) in [5.74, 6) is -0.198. The number of nitrogens with zero attached hydrogens (tertiary/aromatic N) is 2. The highest BCUT2D eigenvalue weighted by atomic mass is 35.5. The number of halogens is 1. The summed E-state index contributed by atoms with van der Waals surface area (Å²) >= 11 is 7.53. The largest absolute Gasteiger partial charge is 0.345 e. The van der Waals surface area contributed by atoms with Gasteiger partial charge in [0, 0.05) is 37.8 Å². The fraction of sp³-hybridized carbons (Fsp3) is 0.400. The fourth-order valence-corrected chi connectivity index (χ4v) is 5.07. The maximum absolute atomic E-state index is 13.0. The first-order valence-electron chi connectivity index (χ1n) is 11.1. The van der Waals surface area contributed by atoms with Gasteiger partial charge in [-0.15, -0.1) is 11.8 Å². The van der Waals surface area contributed by atoms with Crippen LogP contribution in [0.5, 0.6) is 0 Å². The van der Waals surface area contributed by atoms with Crippen molar-refractivity contribution in [2.45, 2.75) is 43.0 Å². The van der Waals surface area contributed by atoms with E-state index in [4.69, 9.17) is 11.6 Å². The van der Waals surface area contributed by atoms with Crippen molar-refractivity contribution >= 4 is 46.8 Å². The molecule has 0 bridgehead atoms. The molecule has 1 saturated carbocycles. The molecule has 0 spiro atoms. The van der Waals surface area contributed by atoms with E-state index in [1.54, 1.807) is 44.4 Å². The van der Waals surface area contributed by atoms with Crippen molar-refractivity contribution in [3.63, 3.8) is 0 Å². The fourth-order valence-electron chi connectivity index (χ4n) is 3.90. The number of nitrogens with one attached hydrogen (secondary N) is 1. The van der Waals surface area contributed by atoms with E-state index in [1.807, 2.05) is 24.1 Å². The van der Waals surface area contributed by atoms with E-state index in [0.29, 0.717) is 27.9 Å². The van der Waals surface area contributed by atoms with Crippen LogP contribution in [-0.2, 0) is 4.79 Å². The minimum absolute atomic E-state index is 0.0756. The SMILES string of the molecule is CN(C)C(=O)c1cc(NC(=O)c2ccccc2SCC(=O)N(C)C2CCCCC2)ccc1Cl. The average Bonchev–Trinajstić information content (AvgIpc) is 2.83. The van der Waals surface area contributed by atoms with Gasteiger partial charge in [-0.05, 0) is 43.2 Å². The van der Waals surface area contributed by atoms with E-state index in [-0.39, 0.29) is 23.5 Å². The Labute approximate surface area is 204 Å². The van der Waals surface area contributed by atoms with Crippen molar-refractivity contribution in [2.24, 2.45) is 0 Å². The summed E-state index contributed by atoms with van der Waals surface area (Å²) in [4.78, 5) is 42.1. The van der Waals surface area contributed by atoms with Gasteiger partial charge in [-0.2, -0.15) is 0 Å². The zero-order valence-electron chi connectivity index (χ0n) is 19.3. The third kappa shape index (κ3) is 6.51. The zero-order chi connectivity index (χ0) is 24.0. The van der Waals surface area contributed by atoms with E-state index in [9.17, 15) is 14.4 Å². The second-order valence-corrected chi connectivity index (χ2v) is 9.85. The van der Waals surface area contributed by atoms with Crippen LogP contribution in [0.1, 0.15) is 52.8 Å². The number of hydrogen-bond donors (Lipinski definition) is 1. The monoisotopic (exact) mass is 487 g/mol. The number of rotatable bonds is 7. The molecule has 3 rings (SSSR count). The highest BCUT2D eigenvalue weighted by Gasteiger charge is 2.23. The molecule has 1 aliphatic carbocycles. The summed E-state index contributed by atoms with van der Waals surface area (Å²) in [6.45, 7) is 0. The van der Waals surface area contributed by atoms with Crippen molar-refractivity contribution in [2.75, 3.05) is 32.2 Å². The Morgan fingerprint density at radius 1 is 1.00 bits per heavy atom. The quantitative estimate of drug-likeness (QED) is 0.546. The number of hydrogen-bond acceptors (Lipinski definition) is 4.